The topological polar surface area (TPSA) is 126 Å². The molecule has 10 heteroatoms. The standard InChI is InChI=1S/C40H53N5O5/c1-49-37-24-29(19-20-31(37)25-41)26-42-38(46)35-27-44(40(48)50-36-18-10-14-30-13-8-9-17-33(30)36)21-22-45(35)39(47)34(23-28-11-4-2-5-12-28)43-32-15-6-3-7-16-32/h8-10,13-14,17-20,24,28,32,34-35,43H,2-7,11-12,15-16,21-23,25-27,41H2,1H3,(H,42,46)/t34-,35+/m1/s1. The van der Waals surface area contributed by atoms with Gasteiger partial charge in [0.25, 0.3) is 0 Å². The molecule has 1 heterocycles. The van der Waals surface area contributed by atoms with Crippen molar-refractivity contribution in [3.8, 4) is 11.5 Å². The number of hydrogen-bond donors (Lipinski definition) is 3. The van der Waals surface area contributed by atoms with E-state index in [2.05, 4.69) is 10.6 Å². The third-order valence-corrected chi connectivity index (χ3v) is 10.8. The van der Waals surface area contributed by atoms with Crippen LogP contribution in [0, 0.1) is 5.92 Å². The average Bonchev–Trinajstić information content (AvgIpc) is 3.17. The van der Waals surface area contributed by atoms with Gasteiger partial charge >= 0.3 is 6.09 Å². The highest BCUT2D eigenvalue weighted by molar-refractivity contribution is 5.92. The molecule has 3 aromatic rings. The highest BCUT2D eigenvalue weighted by Gasteiger charge is 2.41. The molecule has 1 saturated heterocycles. The molecular weight excluding hydrogens is 630 g/mol. The van der Waals surface area contributed by atoms with Crippen LogP contribution in [0.2, 0.25) is 0 Å². The van der Waals surface area contributed by atoms with E-state index in [1.54, 1.807) is 23.0 Å². The van der Waals surface area contributed by atoms with Crippen LogP contribution < -0.4 is 25.8 Å². The van der Waals surface area contributed by atoms with Crippen LogP contribution in [-0.4, -0.2) is 72.6 Å². The summed E-state index contributed by atoms with van der Waals surface area (Å²) >= 11 is 0. The number of benzene rings is 3. The minimum Gasteiger partial charge on any atom is -0.496 e. The summed E-state index contributed by atoms with van der Waals surface area (Å²) in [6.07, 6.45) is 11.9. The van der Waals surface area contributed by atoms with Crippen LogP contribution in [0.25, 0.3) is 10.8 Å². The Balaban J connectivity index is 1.22. The second-order valence-corrected chi connectivity index (χ2v) is 14.2. The van der Waals surface area contributed by atoms with E-state index in [0.717, 1.165) is 54.0 Å². The fraction of sp³-hybridized carbons (Fsp3) is 0.525. The van der Waals surface area contributed by atoms with Crippen LogP contribution in [0.3, 0.4) is 0 Å². The lowest BCUT2D eigenvalue weighted by Gasteiger charge is -2.42. The molecule has 0 aromatic heterocycles. The number of carbonyl (C=O) groups excluding carboxylic acids is 3. The molecule has 268 valence electrons. The Morgan fingerprint density at radius 3 is 2.38 bits per heavy atom. The van der Waals surface area contributed by atoms with E-state index in [9.17, 15) is 14.4 Å². The van der Waals surface area contributed by atoms with E-state index in [-0.39, 0.29) is 44.0 Å². The van der Waals surface area contributed by atoms with Crippen LogP contribution in [0.4, 0.5) is 4.79 Å². The lowest BCUT2D eigenvalue weighted by molar-refractivity contribution is -0.145. The van der Waals surface area contributed by atoms with E-state index < -0.39 is 12.1 Å². The molecule has 6 rings (SSSR count). The molecule has 50 heavy (non-hydrogen) atoms. The minimum absolute atomic E-state index is 0.0379. The minimum atomic E-state index is -0.872. The van der Waals surface area contributed by atoms with Gasteiger partial charge in [-0.05, 0) is 48.3 Å². The molecule has 2 saturated carbocycles. The number of carbonyl (C=O) groups is 3. The molecule has 10 nitrogen and oxygen atoms in total. The van der Waals surface area contributed by atoms with E-state index in [4.69, 9.17) is 15.2 Å². The number of piperazine rings is 1. The third-order valence-electron chi connectivity index (χ3n) is 10.8. The number of amides is 3. The molecule has 1 aliphatic heterocycles. The molecule has 0 bridgehead atoms. The zero-order valence-corrected chi connectivity index (χ0v) is 29.4. The van der Waals surface area contributed by atoms with Gasteiger partial charge in [-0.25, -0.2) is 4.79 Å². The van der Waals surface area contributed by atoms with E-state index in [1.165, 1.54) is 38.5 Å². The number of nitrogens with one attached hydrogen (secondary N) is 2. The van der Waals surface area contributed by atoms with Crippen molar-refractivity contribution in [3.63, 3.8) is 0 Å². The Bertz CT molecular complexity index is 1590. The van der Waals surface area contributed by atoms with Gasteiger partial charge in [0.15, 0.2) is 0 Å². The van der Waals surface area contributed by atoms with Crippen molar-refractivity contribution in [2.24, 2.45) is 11.7 Å². The predicted molar refractivity (Wildman–Crippen MR) is 195 cm³/mol. The summed E-state index contributed by atoms with van der Waals surface area (Å²) in [5.74, 6) is 1.26. The van der Waals surface area contributed by atoms with E-state index >= 15 is 0 Å². The first kappa shape index (κ1) is 35.7. The van der Waals surface area contributed by atoms with Crippen LogP contribution in [0.15, 0.2) is 60.7 Å². The third kappa shape index (κ3) is 8.76. The lowest BCUT2D eigenvalue weighted by atomic mass is 9.83. The van der Waals surface area contributed by atoms with Crippen molar-refractivity contribution in [3.05, 3.63) is 71.8 Å². The Morgan fingerprint density at radius 1 is 0.880 bits per heavy atom. The summed E-state index contributed by atoms with van der Waals surface area (Å²) in [4.78, 5) is 45.7. The number of methoxy groups -OCH3 is 1. The average molecular weight is 684 g/mol. The second-order valence-electron chi connectivity index (χ2n) is 14.2. The molecule has 0 unspecified atom stereocenters. The quantitative estimate of drug-likeness (QED) is 0.230. The van der Waals surface area contributed by atoms with Crippen molar-refractivity contribution in [1.29, 1.82) is 0 Å². The fourth-order valence-electron chi connectivity index (χ4n) is 8.01. The molecule has 3 aromatic carbocycles. The number of hydrogen-bond acceptors (Lipinski definition) is 7. The van der Waals surface area contributed by atoms with Crippen molar-refractivity contribution in [2.45, 2.75) is 102 Å². The van der Waals surface area contributed by atoms with Gasteiger partial charge in [0.05, 0.1) is 19.7 Å². The van der Waals surface area contributed by atoms with Crippen LogP contribution in [0.5, 0.6) is 11.5 Å². The van der Waals surface area contributed by atoms with Gasteiger partial charge in [0.1, 0.15) is 17.5 Å². The summed E-state index contributed by atoms with van der Waals surface area (Å²) in [5, 5.41) is 8.63. The maximum atomic E-state index is 14.6. The molecule has 4 N–H and O–H groups in total. The van der Waals surface area contributed by atoms with Crippen molar-refractivity contribution < 1.29 is 23.9 Å². The van der Waals surface area contributed by atoms with Crippen LogP contribution >= 0.6 is 0 Å². The lowest BCUT2D eigenvalue weighted by Crippen LogP contribution is -2.64. The maximum absolute atomic E-state index is 14.6. The monoisotopic (exact) mass is 683 g/mol. The fourth-order valence-corrected chi connectivity index (χ4v) is 8.01. The summed E-state index contributed by atoms with van der Waals surface area (Å²) in [5.41, 5.74) is 7.59. The molecule has 3 amide bonds. The molecule has 2 atom stereocenters. The Labute approximate surface area is 296 Å². The maximum Gasteiger partial charge on any atom is 0.415 e. The normalized spacial score (nSPS) is 19.6. The number of fused-ring (bicyclic) bond motifs is 1. The zero-order valence-electron chi connectivity index (χ0n) is 29.4. The van der Waals surface area contributed by atoms with Gasteiger partial charge < -0.3 is 35.6 Å². The van der Waals surface area contributed by atoms with Gasteiger partial charge in [0.2, 0.25) is 11.8 Å². The van der Waals surface area contributed by atoms with Gasteiger partial charge in [-0.3, -0.25) is 9.59 Å². The van der Waals surface area contributed by atoms with Crippen molar-refractivity contribution in [1.82, 2.24) is 20.4 Å². The first-order chi connectivity index (χ1) is 24.4. The highest BCUT2D eigenvalue weighted by Crippen LogP contribution is 2.30. The number of ether oxygens (including phenoxy) is 2. The van der Waals surface area contributed by atoms with Gasteiger partial charge in [0, 0.05) is 43.2 Å². The van der Waals surface area contributed by atoms with Gasteiger partial charge in [-0.15, -0.1) is 0 Å². The first-order valence-corrected chi connectivity index (χ1v) is 18.6. The number of nitrogens with two attached hydrogens (primary N) is 1. The zero-order chi connectivity index (χ0) is 34.9. The molecular formula is C40H53N5O5. The molecule has 3 aliphatic rings. The number of rotatable bonds is 11. The number of nitrogens with zero attached hydrogens (tertiary/aromatic N) is 2. The van der Waals surface area contributed by atoms with Crippen molar-refractivity contribution >= 4 is 28.7 Å². The van der Waals surface area contributed by atoms with E-state index in [0.29, 0.717) is 30.0 Å². The smallest absolute Gasteiger partial charge is 0.415 e. The Hall–Kier alpha value is -4.15. The molecule has 0 radical (unpaired) electrons. The Kier molecular flexibility index (Phi) is 12.3. The molecule has 0 spiro atoms. The summed E-state index contributed by atoms with van der Waals surface area (Å²) in [6, 6.07) is 18.1. The highest BCUT2D eigenvalue weighted by atomic mass is 16.6. The van der Waals surface area contributed by atoms with Gasteiger partial charge in [-0.1, -0.05) is 99.9 Å². The summed E-state index contributed by atoms with van der Waals surface area (Å²) in [7, 11) is 1.60. The molecule has 2 aliphatic carbocycles. The SMILES string of the molecule is COc1cc(CNC(=O)[C@@H]2CN(C(=O)Oc3cccc4ccccc34)CCN2C(=O)[C@@H](CC2CCCCC2)NC2CCCCC2)ccc1CN. The van der Waals surface area contributed by atoms with Gasteiger partial charge in [-0.2, -0.15) is 0 Å². The Morgan fingerprint density at radius 2 is 1.62 bits per heavy atom. The van der Waals surface area contributed by atoms with E-state index in [1.807, 2.05) is 54.6 Å². The largest absolute Gasteiger partial charge is 0.496 e. The van der Waals surface area contributed by atoms with Crippen LogP contribution in [-0.2, 0) is 22.7 Å². The van der Waals surface area contributed by atoms with Crippen LogP contribution in [0.1, 0.15) is 81.8 Å². The summed E-state index contributed by atoms with van der Waals surface area (Å²) in [6.45, 7) is 1.14. The van der Waals surface area contributed by atoms with Crippen molar-refractivity contribution in [2.75, 3.05) is 26.7 Å². The molecule has 3 fully saturated rings. The second kappa shape index (κ2) is 17.2. The first-order valence-electron chi connectivity index (χ1n) is 18.6. The summed E-state index contributed by atoms with van der Waals surface area (Å²) < 4.78 is 11.4. The predicted octanol–water partition coefficient (Wildman–Crippen LogP) is 5.90.